The van der Waals surface area contributed by atoms with E-state index in [9.17, 15) is 9.90 Å². The van der Waals surface area contributed by atoms with Gasteiger partial charge in [0, 0.05) is 36.5 Å². The number of benzene rings is 1. The Labute approximate surface area is 158 Å². The van der Waals surface area contributed by atoms with Crippen molar-refractivity contribution in [1.82, 2.24) is 9.88 Å². The number of amides is 1. The lowest BCUT2D eigenvalue weighted by molar-refractivity contribution is -0.0859. The van der Waals surface area contributed by atoms with Gasteiger partial charge in [-0.05, 0) is 33.3 Å². The van der Waals surface area contributed by atoms with Crippen LogP contribution in [0, 0.1) is 0 Å². The van der Waals surface area contributed by atoms with E-state index in [2.05, 4.69) is 4.98 Å². The predicted octanol–water partition coefficient (Wildman–Crippen LogP) is 4.63. The van der Waals surface area contributed by atoms with Crippen molar-refractivity contribution in [2.45, 2.75) is 57.8 Å². The molecule has 1 aromatic carbocycles. The van der Waals surface area contributed by atoms with E-state index in [1.54, 1.807) is 36.3 Å². The molecule has 26 heavy (non-hydrogen) atoms. The molecule has 6 heteroatoms. The number of nitrogens with zero attached hydrogens (tertiary/aromatic N) is 2. The van der Waals surface area contributed by atoms with Crippen LogP contribution < -0.4 is 0 Å². The van der Waals surface area contributed by atoms with Crippen molar-refractivity contribution >= 4 is 17.4 Å². The van der Waals surface area contributed by atoms with Crippen LogP contribution in [-0.2, 0) is 4.74 Å². The second-order valence-electron chi connectivity index (χ2n) is 7.89. The third-order valence-corrected chi connectivity index (χ3v) is 5.62. The first-order chi connectivity index (χ1) is 12.2. The Morgan fingerprint density at radius 2 is 2.08 bits per heavy atom. The molecule has 1 aliphatic heterocycles. The highest BCUT2D eigenvalue weighted by molar-refractivity contribution is 7.13. The quantitative estimate of drug-likeness (QED) is 0.828. The summed E-state index contributed by atoms with van der Waals surface area (Å²) in [6, 6.07) is 8.09. The fraction of sp³-hybridized carbons (Fsp3) is 0.500. The van der Waals surface area contributed by atoms with E-state index in [0.29, 0.717) is 19.4 Å². The Morgan fingerprint density at radius 1 is 1.38 bits per heavy atom. The molecule has 1 saturated heterocycles. The van der Waals surface area contributed by atoms with Crippen LogP contribution in [0.5, 0.6) is 0 Å². The van der Waals surface area contributed by atoms with Crippen molar-refractivity contribution in [1.29, 1.82) is 0 Å². The molecule has 2 aromatic rings. The average Bonchev–Trinajstić information content (AvgIpc) is 3.07. The molecule has 0 bridgehead atoms. The van der Waals surface area contributed by atoms with E-state index in [4.69, 9.17) is 4.74 Å². The summed E-state index contributed by atoms with van der Waals surface area (Å²) in [5, 5.41) is 13.0. The van der Waals surface area contributed by atoms with E-state index in [1.165, 1.54) is 0 Å². The SMILES string of the molecule is C[C@@H](c1ccc(-c2nccs2)cc1)N1CC[C@@](C)(CC(C)(C)O)OC1=O. The number of carbonyl (C=O) groups is 1. The number of thiazole rings is 1. The second kappa shape index (κ2) is 7.00. The molecule has 140 valence electrons. The van der Waals surface area contributed by atoms with E-state index in [0.717, 1.165) is 16.1 Å². The molecule has 0 aliphatic carbocycles. The van der Waals surface area contributed by atoms with Gasteiger partial charge in [0.2, 0.25) is 0 Å². The van der Waals surface area contributed by atoms with E-state index >= 15 is 0 Å². The minimum atomic E-state index is -0.867. The van der Waals surface area contributed by atoms with Gasteiger partial charge < -0.3 is 14.7 Å². The molecule has 1 N–H and O–H groups in total. The monoisotopic (exact) mass is 374 g/mol. The predicted molar refractivity (Wildman–Crippen MR) is 103 cm³/mol. The molecule has 1 aliphatic rings. The fourth-order valence-electron chi connectivity index (χ4n) is 3.61. The van der Waals surface area contributed by atoms with Crippen LogP contribution in [0.4, 0.5) is 4.79 Å². The van der Waals surface area contributed by atoms with Gasteiger partial charge >= 0.3 is 6.09 Å². The Hall–Kier alpha value is -1.92. The molecule has 5 nitrogen and oxygen atoms in total. The summed E-state index contributed by atoms with van der Waals surface area (Å²) in [5.74, 6) is 0. The van der Waals surface area contributed by atoms with Gasteiger partial charge in [0.15, 0.2) is 0 Å². The number of hydrogen-bond donors (Lipinski definition) is 1. The van der Waals surface area contributed by atoms with Crippen molar-refractivity contribution < 1.29 is 14.6 Å². The third kappa shape index (κ3) is 4.24. The smallest absolute Gasteiger partial charge is 0.410 e. The zero-order valence-electron chi connectivity index (χ0n) is 15.7. The third-order valence-electron chi connectivity index (χ3n) is 4.80. The molecule has 0 unspecified atom stereocenters. The zero-order chi connectivity index (χ0) is 18.9. The van der Waals surface area contributed by atoms with Crippen molar-refractivity contribution in [2.24, 2.45) is 0 Å². The first-order valence-corrected chi connectivity index (χ1v) is 9.77. The van der Waals surface area contributed by atoms with Crippen LogP contribution in [0.3, 0.4) is 0 Å². The molecular weight excluding hydrogens is 348 g/mol. The molecule has 0 spiro atoms. The molecule has 1 amide bonds. The Bertz CT molecular complexity index is 752. The largest absolute Gasteiger partial charge is 0.443 e. The maximum absolute atomic E-state index is 12.6. The van der Waals surface area contributed by atoms with Crippen molar-refractivity contribution in [3.05, 3.63) is 41.4 Å². The van der Waals surface area contributed by atoms with Crippen molar-refractivity contribution in [3.63, 3.8) is 0 Å². The van der Waals surface area contributed by atoms with Gasteiger partial charge in [-0.2, -0.15) is 0 Å². The Morgan fingerprint density at radius 3 is 2.62 bits per heavy atom. The van der Waals surface area contributed by atoms with E-state index < -0.39 is 11.2 Å². The summed E-state index contributed by atoms with van der Waals surface area (Å²) < 4.78 is 5.71. The lowest BCUT2D eigenvalue weighted by Crippen LogP contribution is -2.51. The lowest BCUT2D eigenvalue weighted by Gasteiger charge is -2.43. The molecule has 3 rings (SSSR count). The fourth-order valence-corrected chi connectivity index (χ4v) is 4.25. The summed E-state index contributed by atoms with van der Waals surface area (Å²) in [6.45, 7) is 8.00. The number of cyclic esters (lactones) is 1. The number of carbonyl (C=O) groups excluding carboxylic acids is 1. The number of ether oxygens (including phenoxy) is 1. The molecule has 0 radical (unpaired) electrons. The number of aliphatic hydroxyl groups is 1. The molecule has 2 heterocycles. The lowest BCUT2D eigenvalue weighted by atomic mass is 9.87. The Kier molecular flexibility index (Phi) is 5.08. The van der Waals surface area contributed by atoms with Gasteiger partial charge in [-0.25, -0.2) is 9.78 Å². The van der Waals surface area contributed by atoms with E-state index in [1.807, 2.05) is 43.5 Å². The van der Waals surface area contributed by atoms with Gasteiger partial charge in [0.05, 0.1) is 11.6 Å². The maximum atomic E-state index is 12.6. The van der Waals surface area contributed by atoms with E-state index in [-0.39, 0.29) is 12.1 Å². The number of hydrogen-bond acceptors (Lipinski definition) is 5. The summed E-state index contributed by atoms with van der Waals surface area (Å²) in [4.78, 5) is 18.7. The minimum absolute atomic E-state index is 0.0699. The molecule has 2 atom stereocenters. The summed E-state index contributed by atoms with van der Waals surface area (Å²) in [5.41, 5.74) is 0.651. The molecule has 0 saturated carbocycles. The highest BCUT2D eigenvalue weighted by Gasteiger charge is 2.41. The van der Waals surface area contributed by atoms with Crippen LogP contribution >= 0.6 is 11.3 Å². The maximum Gasteiger partial charge on any atom is 0.410 e. The van der Waals surface area contributed by atoms with Gasteiger partial charge in [-0.1, -0.05) is 24.3 Å². The summed E-state index contributed by atoms with van der Waals surface area (Å²) >= 11 is 1.61. The zero-order valence-corrected chi connectivity index (χ0v) is 16.5. The summed E-state index contributed by atoms with van der Waals surface area (Å²) in [6.07, 6.45) is 2.60. The molecule has 1 fully saturated rings. The molecular formula is C20H26N2O3S. The average molecular weight is 375 g/mol. The Balaban J connectivity index is 1.69. The van der Waals surface area contributed by atoms with Crippen LogP contribution in [-0.4, -0.2) is 38.8 Å². The van der Waals surface area contributed by atoms with Gasteiger partial charge in [-0.15, -0.1) is 11.3 Å². The van der Waals surface area contributed by atoms with Gasteiger partial charge in [-0.3, -0.25) is 0 Å². The van der Waals surface area contributed by atoms with Crippen LogP contribution in [0.25, 0.3) is 10.6 Å². The van der Waals surface area contributed by atoms with Crippen molar-refractivity contribution in [2.75, 3.05) is 6.54 Å². The summed E-state index contributed by atoms with van der Waals surface area (Å²) in [7, 11) is 0. The first-order valence-electron chi connectivity index (χ1n) is 8.89. The van der Waals surface area contributed by atoms with Gasteiger partial charge in [0.25, 0.3) is 0 Å². The second-order valence-corrected chi connectivity index (χ2v) is 8.78. The highest BCUT2D eigenvalue weighted by atomic mass is 32.1. The topological polar surface area (TPSA) is 62.7 Å². The first kappa shape index (κ1) is 18.9. The standard InChI is InChI=1S/C20H26N2O3S/c1-14(15-5-7-16(8-6-15)17-21-10-12-26-17)22-11-9-20(4,25-18(22)23)13-19(2,3)24/h5-8,10,12,14,24H,9,11,13H2,1-4H3/t14-,20-/m0/s1. The number of rotatable bonds is 5. The minimum Gasteiger partial charge on any atom is -0.443 e. The van der Waals surface area contributed by atoms with Crippen LogP contribution in [0.2, 0.25) is 0 Å². The van der Waals surface area contributed by atoms with Gasteiger partial charge in [0.1, 0.15) is 10.6 Å². The van der Waals surface area contributed by atoms with Crippen LogP contribution in [0.1, 0.15) is 52.1 Å². The normalized spacial score (nSPS) is 22.2. The van der Waals surface area contributed by atoms with Crippen LogP contribution in [0.15, 0.2) is 35.8 Å². The molecule has 1 aromatic heterocycles. The highest BCUT2D eigenvalue weighted by Crippen LogP contribution is 2.35. The van der Waals surface area contributed by atoms with Crippen molar-refractivity contribution in [3.8, 4) is 10.6 Å². The number of aromatic nitrogens is 1.